The lowest BCUT2D eigenvalue weighted by atomic mass is 10.2. The van der Waals surface area contributed by atoms with Gasteiger partial charge in [-0.3, -0.25) is 4.79 Å². The van der Waals surface area contributed by atoms with E-state index < -0.39 is 0 Å². The van der Waals surface area contributed by atoms with E-state index in [-0.39, 0.29) is 12.1 Å². The minimum absolute atomic E-state index is 0.285. The first-order valence-corrected chi connectivity index (χ1v) is 6.83. The topological polar surface area (TPSA) is 38.8 Å². The Bertz CT molecular complexity index is 405. The van der Waals surface area contributed by atoms with Gasteiger partial charge in [-0.25, -0.2) is 0 Å². The number of rotatable bonds is 9. The summed E-state index contributed by atoms with van der Waals surface area (Å²) in [4.78, 5) is 13.3. The second-order valence-electron chi connectivity index (χ2n) is 4.43. The highest BCUT2D eigenvalue weighted by Gasteiger charge is 2.16. The van der Waals surface area contributed by atoms with Crippen LogP contribution in [0.2, 0.25) is 0 Å². The van der Waals surface area contributed by atoms with Gasteiger partial charge in [0.05, 0.1) is 19.8 Å². The number of benzene rings is 1. The Labute approximate surface area is 121 Å². The first-order valence-electron chi connectivity index (χ1n) is 6.83. The highest BCUT2D eigenvalue weighted by atomic mass is 16.6. The predicted molar refractivity (Wildman–Crippen MR) is 80.9 cm³/mol. The fourth-order valence-corrected chi connectivity index (χ4v) is 1.94. The number of para-hydroxylation sites is 1. The molecule has 0 amide bonds. The molecule has 1 atom stereocenters. The molecule has 4 nitrogen and oxygen atoms in total. The van der Waals surface area contributed by atoms with E-state index in [0.717, 1.165) is 12.2 Å². The van der Waals surface area contributed by atoms with Crippen LogP contribution >= 0.6 is 0 Å². The van der Waals surface area contributed by atoms with Gasteiger partial charge in [0.1, 0.15) is 6.10 Å². The van der Waals surface area contributed by atoms with Gasteiger partial charge < -0.3 is 14.4 Å². The zero-order valence-corrected chi connectivity index (χ0v) is 12.2. The molecule has 0 aromatic heterocycles. The average molecular weight is 277 g/mol. The highest BCUT2D eigenvalue weighted by molar-refractivity contribution is 5.66. The molecule has 1 aromatic rings. The number of esters is 1. The van der Waals surface area contributed by atoms with Crippen LogP contribution in [-0.4, -0.2) is 38.4 Å². The standard InChI is InChI=1S/C16H23NO3/c1-4-11-19-13-16(20-14(3)18)12-17(5-2)15-9-7-6-8-10-15/h4,6-10,16H,1,5,11-13H2,2-3H3. The molecule has 0 aliphatic carbocycles. The Hall–Kier alpha value is -1.81. The van der Waals surface area contributed by atoms with Gasteiger partial charge >= 0.3 is 5.97 Å². The van der Waals surface area contributed by atoms with Crippen molar-refractivity contribution in [2.24, 2.45) is 0 Å². The fraction of sp³-hybridized carbons (Fsp3) is 0.438. The van der Waals surface area contributed by atoms with E-state index in [1.165, 1.54) is 6.92 Å². The van der Waals surface area contributed by atoms with Crippen LogP contribution in [0.15, 0.2) is 43.0 Å². The van der Waals surface area contributed by atoms with Gasteiger partial charge in [-0.1, -0.05) is 24.3 Å². The van der Waals surface area contributed by atoms with Gasteiger partial charge in [-0.15, -0.1) is 6.58 Å². The molecule has 1 unspecified atom stereocenters. The summed E-state index contributed by atoms with van der Waals surface area (Å²) >= 11 is 0. The Morgan fingerprint density at radius 1 is 1.40 bits per heavy atom. The number of nitrogens with zero attached hydrogens (tertiary/aromatic N) is 1. The van der Waals surface area contributed by atoms with Crippen molar-refractivity contribution < 1.29 is 14.3 Å². The fourth-order valence-electron chi connectivity index (χ4n) is 1.94. The molecule has 0 aliphatic rings. The van der Waals surface area contributed by atoms with Gasteiger partial charge in [0.15, 0.2) is 0 Å². The van der Waals surface area contributed by atoms with Gasteiger partial charge in [-0.05, 0) is 19.1 Å². The summed E-state index contributed by atoms with van der Waals surface area (Å²) in [5.41, 5.74) is 1.11. The summed E-state index contributed by atoms with van der Waals surface area (Å²) in [5.74, 6) is -0.290. The summed E-state index contributed by atoms with van der Waals surface area (Å²) in [5, 5.41) is 0. The van der Waals surface area contributed by atoms with E-state index in [0.29, 0.717) is 19.8 Å². The van der Waals surface area contributed by atoms with Crippen LogP contribution < -0.4 is 4.90 Å². The van der Waals surface area contributed by atoms with Crippen LogP contribution in [0.4, 0.5) is 5.69 Å². The molecule has 0 fully saturated rings. The number of hydrogen-bond acceptors (Lipinski definition) is 4. The normalized spacial score (nSPS) is 11.7. The lowest BCUT2D eigenvalue weighted by Gasteiger charge is -2.28. The largest absolute Gasteiger partial charge is 0.458 e. The number of carbonyl (C=O) groups excluding carboxylic acids is 1. The lowest BCUT2D eigenvalue weighted by molar-refractivity contribution is -0.148. The molecule has 0 spiro atoms. The van der Waals surface area contributed by atoms with Crippen molar-refractivity contribution in [3.05, 3.63) is 43.0 Å². The van der Waals surface area contributed by atoms with Crippen molar-refractivity contribution in [1.82, 2.24) is 0 Å². The Balaban J connectivity index is 2.64. The highest BCUT2D eigenvalue weighted by Crippen LogP contribution is 2.14. The average Bonchev–Trinajstić information content (AvgIpc) is 2.45. The molecule has 1 rings (SSSR count). The quantitative estimate of drug-likeness (QED) is 0.395. The first kappa shape index (κ1) is 16.2. The SMILES string of the molecule is C=CCOCC(CN(CC)c1ccccc1)OC(C)=O. The summed E-state index contributed by atoms with van der Waals surface area (Å²) in [6, 6.07) is 10.0. The Morgan fingerprint density at radius 2 is 2.10 bits per heavy atom. The number of anilines is 1. The van der Waals surface area contributed by atoms with Gasteiger partial charge in [0.25, 0.3) is 0 Å². The summed E-state index contributed by atoms with van der Waals surface area (Å²) < 4.78 is 10.7. The van der Waals surface area contributed by atoms with E-state index in [1.807, 2.05) is 30.3 Å². The maximum Gasteiger partial charge on any atom is 0.303 e. The molecule has 110 valence electrons. The van der Waals surface area contributed by atoms with E-state index >= 15 is 0 Å². The smallest absolute Gasteiger partial charge is 0.303 e. The third kappa shape index (κ3) is 5.89. The molecule has 1 aromatic carbocycles. The Morgan fingerprint density at radius 3 is 2.65 bits per heavy atom. The first-order chi connectivity index (χ1) is 9.67. The number of likely N-dealkylation sites (N-methyl/N-ethyl adjacent to an activating group) is 1. The molecule has 4 heteroatoms. The minimum Gasteiger partial charge on any atom is -0.458 e. The molecule has 0 aliphatic heterocycles. The van der Waals surface area contributed by atoms with Crippen LogP contribution in [0, 0.1) is 0 Å². The van der Waals surface area contributed by atoms with Gasteiger partial charge in [-0.2, -0.15) is 0 Å². The molecule has 0 saturated heterocycles. The van der Waals surface area contributed by atoms with Crippen molar-refractivity contribution >= 4 is 11.7 Å². The molecule has 0 bridgehead atoms. The third-order valence-electron chi connectivity index (χ3n) is 2.80. The summed E-state index contributed by atoms with van der Waals surface area (Å²) in [7, 11) is 0. The van der Waals surface area contributed by atoms with Crippen LogP contribution in [0.5, 0.6) is 0 Å². The molecule has 0 N–H and O–H groups in total. The maximum atomic E-state index is 11.2. The third-order valence-corrected chi connectivity index (χ3v) is 2.80. The zero-order valence-electron chi connectivity index (χ0n) is 12.2. The van der Waals surface area contributed by atoms with E-state index in [2.05, 4.69) is 18.4 Å². The van der Waals surface area contributed by atoms with Crippen molar-refractivity contribution in [3.63, 3.8) is 0 Å². The molecule has 20 heavy (non-hydrogen) atoms. The van der Waals surface area contributed by atoms with Crippen molar-refractivity contribution in [3.8, 4) is 0 Å². The van der Waals surface area contributed by atoms with Gasteiger partial charge in [0.2, 0.25) is 0 Å². The molecule has 0 saturated carbocycles. The summed E-state index contributed by atoms with van der Waals surface area (Å²) in [6.07, 6.45) is 1.40. The number of hydrogen-bond donors (Lipinski definition) is 0. The second-order valence-corrected chi connectivity index (χ2v) is 4.43. The monoisotopic (exact) mass is 277 g/mol. The summed E-state index contributed by atoms with van der Waals surface area (Å²) in [6.45, 7) is 9.36. The predicted octanol–water partition coefficient (Wildman–Crippen LogP) is 2.65. The van der Waals surface area contributed by atoms with Crippen molar-refractivity contribution in [2.45, 2.75) is 20.0 Å². The van der Waals surface area contributed by atoms with E-state index in [1.54, 1.807) is 6.08 Å². The number of ether oxygens (including phenoxy) is 2. The molecular formula is C16H23NO3. The van der Waals surface area contributed by atoms with Crippen LogP contribution in [0.25, 0.3) is 0 Å². The van der Waals surface area contributed by atoms with E-state index in [4.69, 9.17) is 9.47 Å². The molecule has 0 radical (unpaired) electrons. The number of carbonyl (C=O) groups is 1. The van der Waals surface area contributed by atoms with Crippen molar-refractivity contribution in [1.29, 1.82) is 0 Å². The van der Waals surface area contributed by atoms with Crippen molar-refractivity contribution in [2.75, 3.05) is 31.2 Å². The Kier molecular flexibility index (Phi) is 7.43. The lowest BCUT2D eigenvalue weighted by Crippen LogP contribution is -2.37. The molecular weight excluding hydrogens is 254 g/mol. The van der Waals surface area contributed by atoms with Crippen LogP contribution in [-0.2, 0) is 14.3 Å². The van der Waals surface area contributed by atoms with Gasteiger partial charge in [0, 0.05) is 19.2 Å². The maximum absolute atomic E-state index is 11.2. The van der Waals surface area contributed by atoms with Crippen LogP contribution in [0.3, 0.4) is 0 Å². The van der Waals surface area contributed by atoms with Crippen LogP contribution in [0.1, 0.15) is 13.8 Å². The zero-order chi connectivity index (χ0) is 14.8. The molecule has 0 heterocycles. The second kappa shape index (κ2) is 9.15. The van der Waals surface area contributed by atoms with E-state index in [9.17, 15) is 4.79 Å². The minimum atomic E-state index is -0.290.